The van der Waals surface area contributed by atoms with Gasteiger partial charge in [-0.1, -0.05) is 19.3 Å². The van der Waals surface area contributed by atoms with Gasteiger partial charge in [-0.05, 0) is 64.2 Å². The molecule has 226 valence electrons. The molecule has 0 saturated heterocycles. The van der Waals surface area contributed by atoms with Crippen LogP contribution >= 0.6 is 0 Å². The number of alkyl halides is 6. The van der Waals surface area contributed by atoms with E-state index >= 15 is 0 Å². The van der Waals surface area contributed by atoms with Gasteiger partial charge in [0.05, 0.1) is 25.4 Å². The minimum absolute atomic E-state index is 0.000709. The molecule has 0 unspecified atom stereocenters. The Morgan fingerprint density at radius 2 is 1.26 bits per heavy atom. The number of ether oxygens (including phenoxy) is 2. The summed E-state index contributed by atoms with van der Waals surface area (Å²) in [5.41, 5.74) is 0.357. The third-order valence-electron chi connectivity index (χ3n) is 6.05. The van der Waals surface area contributed by atoms with Crippen LogP contribution in [0.4, 0.5) is 26.3 Å². The molecule has 1 aromatic carbocycles. The van der Waals surface area contributed by atoms with Gasteiger partial charge in [0.15, 0.2) is 5.75 Å². The lowest BCUT2D eigenvalue weighted by Gasteiger charge is -2.30. The van der Waals surface area contributed by atoms with E-state index in [9.17, 15) is 43.2 Å². The summed E-state index contributed by atoms with van der Waals surface area (Å²) in [6.07, 6.45) is 3.42. The average molecular weight is 615 g/mol. The van der Waals surface area contributed by atoms with Crippen molar-refractivity contribution >= 4 is 20.2 Å². The smallest absolute Gasteiger partial charge is 0.377 e. The average Bonchev–Trinajstić information content (AvgIpc) is 2.81. The summed E-state index contributed by atoms with van der Waals surface area (Å²) in [5, 5.41) is -13.7. The maximum Gasteiger partial charge on any atom is 0.450 e. The zero-order valence-corrected chi connectivity index (χ0v) is 23.4. The summed E-state index contributed by atoms with van der Waals surface area (Å²) in [5.74, 6) is -8.03. The first-order chi connectivity index (χ1) is 17.7. The molecule has 1 saturated carbocycles. The Morgan fingerprint density at radius 3 is 1.64 bits per heavy atom. The zero-order valence-electron chi connectivity index (χ0n) is 21.7. The normalized spacial score (nSPS) is 16.7. The Kier molecular flexibility index (Phi) is 10.4. The summed E-state index contributed by atoms with van der Waals surface area (Å²) < 4.78 is 155. The molecule has 1 fully saturated rings. The second-order valence-corrected chi connectivity index (χ2v) is 12.9. The van der Waals surface area contributed by atoms with Gasteiger partial charge in [-0.25, -0.2) is 0 Å². The minimum atomic E-state index is -7.17. The Labute approximate surface area is 223 Å². The topological polar surface area (TPSA) is 116 Å². The molecule has 0 radical (unpaired) electrons. The van der Waals surface area contributed by atoms with Gasteiger partial charge in [-0.15, -0.1) is 0 Å². The molecule has 8 nitrogen and oxygen atoms in total. The molecule has 0 atom stereocenters. The molecule has 0 aromatic heterocycles. The first-order valence-corrected chi connectivity index (χ1v) is 14.9. The van der Waals surface area contributed by atoms with Crippen LogP contribution in [0.1, 0.15) is 82.4 Å². The molecule has 0 amide bonds. The van der Waals surface area contributed by atoms with Crippen molar-refractivity contribution in [2.24, 2.45) is 0 Å². The molecule has 39 heavy (non-hydrogen) atoms. The van der Waals surface area contributed by atoms with Gasteiger partial charge < -0.3 is 13.7 Å². The second kappa shape index (κ2) is 12.1. The molecule has 1 aliphatic carbocycles. The monoisotopic (exact) mass is 614 g/mol. The highest BCUT2D eigenvalue weighted by molar-refractivity contribution is 7.88. The van der Waals surface area contributed by atoms with Crippen LogP contribution in [0.2, 0.25) is 0 Å². The summed E-state index contributed by atoms with van der Waals surface area (Å²) >= 11 is 0. The van der Waals surface area contributed by atoms with Crippen molar-refractivity contribution in [3.05, 3.63) is 28.8 Å². The van der Waals surface area contributed by atoms with E-state index in [2.05, 4.69) is 4.18 Å². The second-order valence-electron chi connectivity index (χ2n) is 9.84. The van der Waals surface area contributed by atoms with E-state index in [0.29, 0.717) is 5.56 Å². The SMILES string of the molecule is CC(C)OCc1cc(C2CCCCC2)cc(COC(C)C)c1OS(=O)(=O)C(F)(F)C(F)(F)C(F)(F)S(=O)(=O)O. The molecule has 2 rings (SSSR count). The van der Waals surface area contributed by atoms with Gasteiger partial charge in [0.25, 0.3) is 0 Å². The summed E-state index contributed by atoms with van der Waals surface area (Å²) in [7, 11) is -14.2. The van der Waals surface area contributed by atoms with Crippen molar-refractivity contribution in [3.63, 3.8) is 0 Å². The molecule has 0 aliphatic heterocycles. The van der Waals surface area contributed by atoms with Gasteiger partial charge >= 0.3 is 36.7 Å². The van der Waals surface area contributed by atoms with Gasteiger partial charge in [0.2, 0.25) is 0 Å². The fourth-order valence-electron chi connectivity index (χ4n) is 3.94. The lowest BCUT2D eigenvalue weighted by molar-refractivity contribution is -0.247. The molecular formula is C23H32F6O8S2. The van der Waals surface area contributed by atoms with Gasteiger partial charge in [-0.3, -0.25) is 4.55 Å². The predicted molar refractivity (Wildman–Crippen MR) is 128 cm³/mol. The van der Waals surface area contributed by atoms with Crippen molar-refractivity contribution in [1.82, 2.24) is 0 Å². The van der Waals surface area contributed by atoms with E-state index in [1.54, 1.807) is 27.7 Å². The first kappa shape index (κ1) is 33.6. The molecular weight excluding hydrogens is 582 g/mol. The maximum absolute atomic E-state index is 14.6. The van der Waals surface area contributed by atoms with E-state index in [1.807, 2.05) is 0 Å². The maximum atomic E-state index is 14.6. The van der Waals surface area contributed by atoms with Crippen LogP contribution in [0, 0.1) is 0 Å². The lowest BCUT2D eigenvalue weighted by Crippen LogP contribution is -2.61. The fourth-order valence-corrected chi connectivity index (χ4v) is 5.43. The quantitative estimate of drug-likeness (QED) is 0.163. The van der Waals surface area contributed by atoms with Crippen LogP contribution in [-0.4, -0.2) is 50.0 Å². The number of hydrogen-bond acceptors (Lipinski definition) is 7. The van der Waals surface area contributed by atoms with Crippen LogP contribution in [-0.2, 0) is 42.9 Å². The van der Waals surface area contributed by atoms with Crippen molar-refractivity contribution in [3.8, 4) is 5.75 Å². The standard InChI is InChI=1S/C23H32F6O8S2/c1-14(2)35-12-18-10-17(16-8-6-5-7-9-16)11-19(13-36-15(3)4)20(18)37-39(33,34)23(28,29)21(24,25)22(26,27)38(30,31)32/h10-11,14-16H,5-9,12-13H2,1-4H3,(H,30,31,32). The highest BCUT2D eigenvalue weighted by Gasteiger charge is 2.83. The predicted octanol–water partition coefficient (Wildman–Crippen LogP) is 6.00. The lowest BCUT2D eigenvalue weighted by atomic mass is 9.83. The Hall–Kier alpha value is -1.62. The fraction of sp³-hybridized carbons (Fsp3) is 0.739. The van der Waals surface area contributed by atoms with Crippen LogP contribution in [0.5, 0.6) is 5.75 Å². The van der Waals surface area contributed by atoms with E-state index in [4.69, 9.17) is 14.0 Å². The van der Waals surface area contributed by atoms with Crippen LogP contribution < -0.4 is 4.18 Å². The van der Waals surface area contributed by atoms with E-state index < -0.39 is 67.8 Å². The Bertz CT molecular complexity index is 1180. The molecule has 0 spiro atoms. The zero-order chi connectivity index (χ0) is 30.0. The number of halogens is 6. The molecule has 1 N–H and O–H groups in total. The van der Waals surface area contributed by atoms with Crippen LogP contribution in [0.3, 0.4) is 0 Å². The van der Waals surface area contributed by atoms with Crippen LogP contribution in [0.15, 0.2) is 12.1 Å². The summed E-state index contributed by atoms with van der Waals surface area (Å²) in [6.45, 7) is 5.57. The van der Waals surface area contributed by atoms with Crippen molar-refractivity contribution < 1.29 is 61.4 Å². The molecule has 1 aliphatic rings. The summed E-state index contributed by atoms with van der Waals surface area (Å²) in [6, 6.07) is 2.82. The molecule has 0 bridgehead atoms. The van der Waals surface area contributed by atoms with Gasteiger partial charge in [0.1, 0.15) is 0 Å². The Balaban J connectivity index is 2.69. The number of rotatable bonds is 13. The first-order valence-electron chi connectivity index (χ1n) is 12.1. The number of hydrogen-bond donors (Lipinski definition) is 1. The van der Waals surface area contributed by atoms with E-state index in [1.165, 1.54) is 12.1 Å². The van der Waals surface area contributed by atoms with Crippen LogP contribution in [0.25, 0.3) is 0 Å². The number of benzene rings is 1. The molecule has 16 heteroatoms. The largest absolute Gasteiger partial charge is 0.450 e. The molecule has 0 heterocycles. The highest BCUT2D eigenvalue weighted by atomic mass is 32.2. The van der Waals surface area contributed by atoms with Crippen molar-refractivity contribution in [1.29, 1.82) is 0 Å². The third kappa shape index (κ3) is 7.18. The highest BCUT2D eigenvalue weighted by Crippen LogP contribution is 2.51. The summed E-state index contributed by atoms with van der Waals surface area (Å²) in [4.78, 5) is 0. The van der Waals surface area contributed by atoms with E-state index in [-0.39, 0.29) is 17.0 Å². The van der Waals surface area contributed by atoms with Gasteiger partial charge in [-0.2, -0.15) is 43.2 Å². The van der Waals surface area contributed by atoms with Crippen molar-refractivity contribution in [2.75, 3.05) is 0 Å². The Morgan fingerprint density at radius 1 is 0.821 bits per heavy atom. The molecule has 1 aromatic rings. The minimum Gasteiger partial charge on any atom is -0.377 e. The van der Waals surface area contributed by atoms with Crippen molar-refractivity contribution in [2.45, 2.75) is 108 Å². The third-order valence-corrected chi connectivity index (χ3v) is 8.22. The van der Waals surface area contributed by atoms with E-state index in [0.717, 1.165) is 32.1 Å². The van der Waals surface area contributed by atoms with Gasteiger partial charge in [0, 0.05) is 11.1 Å².